The van der Waals surface area contributed by atoms with Gasteiger partial charge in [0.15, 0.2) is 5.82 Å². The zero-order valence-corrected chi connectivity index (χ0v) is 18.8. The Hall–Kier alpha value is -3.27. The number of anilines is 1. The number of aromatic nitrogens is 3. The molecule has 2 heterocycles. The van der Waals surface area contributed by atoms with Gasteiger partial charge in [-0.2, -0.15) is 5.10 Å². The number of hydrogen-bond donors (Lipinski definition) is 1. The minimum atomic E-state index is -3.51. The third kappa shape index (κ3) is 4.36. The molecule has 4 rings (SSSR count). The van der Waals surface area contributed by atoms with Crippen molar-refractivity contribution >= 4 is 21.6 Å². The Labute approximate surface area is 186 Å². The fourth-order valence-corrected chi connectivity index (χ4v) is 4.67. The highest BCUT2D eigenvalue weighted by Crippen LogP contribution is 2.41. The quantitative estimate of drug-likeness (QED) is 0.614. The average molecular weight is 458 g/mol. The Kier molecular flexibility index (Phi) is 5.72. The number of nitrogens with one attached hydrogen (secondary N) is 1. The van der Waals surface area contributed by atoms with Gasteiger partial charge in [0.2, 0.25) is 10.0 Å². The van der Waals surface area contributed by atoms with Crippen molar-refractivity contribution in [2.45, 2.75) is 32.4 Å². The van der Waals surface area contributed by atoms with Crippen molar-refractivity contribution < 1.29 is 17.6 Å². The van der Waals surface area contributed by atoms with E-state index in [9.17, 15) is 17.6 Å². The molecule has 2 aromatic carbocycles. The molecule has 0 fully saturated rings. The first-order valence-electron chi connectivity index (χ1n) is 10.2. The maximum Gasteiger partial charge on any atom is 0.251 e. The van der Waals surface area contributed by atoms with Gasteiger partial charge in [-0.3, -0.25) is 13.8 Å². The van der Waals surface area contributed by atoms with Crippen LogP contribution in [0.2, 0.25) is 0 Å². The summed E-state index contributed by atoms with van der Waals surface area (Å²) in [5.74, 6) is -0.597. The third-order valence-corrected chi connectivity index (χ3v) is 6.54. The van der Waals surface area contributed by atoms with Crippen LogP contribution in [0.3, 0.4) is 0 Å². The smallest absolute Gasteiger partial charge is 0.251 e. The third-order valence-electron chi connectivity index (χ3n) is 5.39. The van der Waals surface area contributed by atoms with E-state index in [-0.39, 0.29) is 30.9 Å². The summed E-state index contributed by atoms with van der Waals surface area (Å²) in [4.78, 5) is 17.1. The van der Waals surface area contributed by atoms with Crippen LogP contribution in [0.25, 0.3) is 0 Å². The summed E-state index contributed by atoms with van der Waals surface area (Å²) >= 11 is 0. The summed E-state index contributed by atoms with van der Waals surface area (Å²) in [5, 5.41) is 7.29. The van der Waals surface area contributed by atoms with Crippen molar-refractivity contribution in [1.82, 2.24) is 20.1 Å². The van der Waals surface area contributed by atoms with Gasteiger partial charge in [-0.25, -0.2) is 17.8 Å². The van der Waals surface area contributed by atoms with Crippen LogP contribution in [0.4, 0.5) is 10.1 Å². The molecule has 0 saturated heterocycles. The average Bonchev–Trinajstić information content (AvgIpc) is 3.36. The number of hydrogen-bond acceptors (Lipinski definition) is 5. The van der Waals surface area contributed by atoms with E-state index in [2.05, 4.69) is 15.4 Å². The number of rotatable bonds is 6. The summed E-state index contributed by atoms with van der Waals surface area (Å²) in [6, 6.07) is 11.0. The van der Waals surface area contributed by atoms with Gasteiger partial charge in [-0.05, 0) is 55.3 Å². The predicted octanol–water partition coefficient (Wildman–Crippen LogP) is 2.84. The van der Waals surface area contributed by atoms with Crippen LogP contribution in [0.1, 0.15) is 53.1 Å². The monoisotopic (exact) mass is 457 g/mol. The van der Waals surface area contributed by atoms with E-state index in [1.165, 1.54) is 16.4 Å². The lowest BCUT2D eigenvalue weighted by atomic mass is 9.98. The molecule has 0 radical (unpaired) electrons. The number of carbonyl (C=O) groups excluding carboxylic acids is 1. The molecule has 1 aromatic heterocycles. The number of carbonyl (C=O) groups is 1. The van der Waals surface area contributed by atoms with Crippen molar-refractivity contribution in [1.29, 1.82) is 0 Å². The Balaban J connectivity index is 1.64. The summed E-state index contributed by atoms with van der Waals surface area (Å²) in [6.45, 7) is 4.30. The first-order valence-corrected chi connectivity index (χ1v) is 12.0. The molecule has 0 saturated carbocycles. The highest BCUT2D eigenvalue weighted by atomic mass is 32.2. The summed E-state index contributed by atoms with van der Waals surface area (Å²) in [5.41, 5.74) is 2.21. The Morgan fingerprint density at radius 1 is 1.25 bits per heavy atom. The molecule has 10 heteroatoms. The van der Waals surface area contributed by atoms with E-state index in [0.29, 0.717) is 28.2 Å². The minimum Gasteiger partial charge on any atom is -0.348 e. The number of benzene rings is 2. The molecule has 32 heavy (non-hydrogen) atoms. The molecule has 0 aliphatic carbocycles. The van der Waals surface area contributed by atoms with Gasteiger partial charge in [0, 0.05) is 24.7 Å². The molecule has 1 amide bonds. The molecule has 8 nitrogen and oxygen atoms in total. The molecular weight excluding hydrogens is 433 g/mol. The largest absolute Gasteiger partial charge is 0.348 e. The fourth-order valence-electron chi connectivity index (χ4n) is 3.73. The first kappa shape index (κ1) is 21.9. The SMILES string of the molecule is CC(C)n1cnc([C@H]2CN(S(C)(=O)=O)c3ccc(C(=O)NCc4cccc(F)c4)cc32)n1. The van der Waals surface area contributed by atoms with Crippen molar-refractivity contribution in [2.75, 3.05) is 17.1 Å². The van der Waals surface area contributed by atoms with Crippen molar-refractivity contribution in [2.24, 2.45) is 0 Å². The van der Waals surface area contributed by atoms with Gasteiger partial charge in [0.05, 0.1) is 17.9 Å². The van der Waals surface area contributed by atoms with Crippen LogP contribution in [-0.2, 0) is 16.6 Å². The van der Waals surface area contributed by atoms with Crippen LogP contribution in [-0.4, -0.2) is 41.9 Å². The minimum absolute atomic E-state index is 0.114. The molecule has 0 bridgehead atoms. The zero-order valence-electron chi connectivity index (χ0n) is 18.0. The lowest BCUT2D eigenvalue weighted by Gasteiger charge is -2.16. The maximum atomic E-state index is 13.4. The molecular formula is C22H24FN5O3S. The van der Waals surface area contributed by atoms with Gasteiger partial charge in [0.1, 0.15) is 12.1 Å². The van der Waals surface area contributed by atoms with Crippen molar-refractivity contribution in [3.8, 4) is 0 Å². The van der Waals surface area contributed by atoms with E-state index >= 15 is 0 Å². The number of fused-ring (bicyclic) bond motifs is 1. The van der Waals surface area contributed by atoms with Gasteiger partial charge in [0.25, 0.3) is 5.91 Å². The normalized spacial score (nSPS) is 15.8. The summed E-state index contributed by atoms with van der Waals surface area (Å²) < 4.78 is 41.1. The van der Waals surface area contributed by atoms with E-state index in [0.717, 1.165) is 6.26 Å². The standard InChI is InChI=1S/C22H24FN5O3S/c1-14(2)27-13-25-21(26-27)19-12-28(32(3,30)31)20-8-7-16(10-18(19)20)22(29)24-11-15-5-4-6-17(23)9-15/h4-10,13-14,19H,11-12H2,1-3H3,(H,24,29)/t19-/m0/s1. The Morgan fingerprint density at radius 3 is 2.69 bits per heavy atom. The molecule has 3 aromatic rings. The number of amides is 1. The van der Waals surface area contributed by atoms with Gasteiger partial charge >= 0.3 is 0 Å². The molecule has 0 unspecified atom stereocenters. The second-order valence-electron chi connectivity index (χ2n) is 8.11. The van der Waals surface area contributed by atoms with Gasteiger partial charge < -0.3 is 5.32 Å². The van der Waals surface area contributed by atoms with Crippen LogP contribution in [0, 0.1) is 5.82 Å². The fraction of sp³-hybridized carbons (Fsp3) is 0.318. The number of sulfonamides is 1. The number of nitrogens with zero attached hydrogens (tertiary/aromatic N) is 4. The molecule has 168 valence electrons. The zero-order chi connectivity index (χ0) is 23.0. The first-order chi connectivity index (χ1) is 15.1. The summed E-state index contributed by atoms with van der Waals surface area (Å²) in [7, 11) is -3.51. The van der Waals surface area contributed by atoms with Crippen LogP contribution < -0.4 is 9.62 Å². The molecule has 0 spiro atoms. The van der Waals surface area contributed by atoms with Crippen molar-refractivity contribution in [3.63, 3.8) is 0 Å². The Bertz CT molecular complexity index is 1270. The Morgan fingerprint density at radius 2 is 2.03 bits per heavy atom. The second-order valence-corrected chi connectivity index (χ2v) is 10.0. The topological polar surface area (TPSA) is 97.2 Å². The lowest BCUT2D eigenvalue weighted by molar-refractivity contribution is 0.0950. The highest BCUT2D eigenvalue weighted by molar-refractivity contribution is 7.92. The van der Waals surface area contributed by atoms with Gasteiger partial charge in [-0.15, -0.1) is 0 Å². The maximum absolute atomic E-state index is 13.4. The lowest BCUT2D eigenvalue weighted by Crippen LogP contribution is -2.29. The van der Waals surface area contributed by atoms with E-state index in [4.69, 9.17) is 0 Å². The summed E-state index contributed by atoms with van der Waals surface area (Å²) in [6.07, 6.45) is 2.78. The second kappa shape index (κ2) is 8.34. The molecule has 1 atom stereocenters. The van der Waals surface area contributed by atoms with Crippen molar-refractivity contribution in [3.05, 3.63) is 77.1 Å². The highest BCUT2D eigenvalue weighted by Gasteiger charge is 2.37. The van der Waals surface area contributed by atoms with E-state index < -0.39 is 15.9 Å². The molecule has 1 aliphatic heterocycles. The van der Waals surface area contributed by atoms with E-state index in [1.807, 2.05) is 13.8 Å². The number of halogens is 1. The van der Waals surface area contributed by atoms with Crippen LogP contribution >= 0.6 is 0 Å². The van der Waals surface area contributed by atoms with Crippen LogP contribution in [0.15, 0.2) is 48.8 Å². The molecule has 1 N–H and O–H groups in total. The molecule has 1 aliphatic rings. The van der Waals surface area contributed by atoms with E-state index in [1.54, 1.807) is 41.3 Å². The predicted molar refractivity (Wildman–Crippen MR) is 118 cm³/mol. The van der Waals surface area contributed by atoms with Crippen LogP contribution in [0.5, 0.6) is 0 Å². The van der Waals surface area contributed by atoms with Gasteiger partial charge in [-0.1, -0.05) is 12.1 Å².